The maximum atomic E-state index is 12.3. The Morgan fingerprint density at radius 2 is 1.76 bits per heavy atom. The minimum absolute atomic E-state index is 0.0206. The molecule has 0 radical (unpaired) electrons. The van der Waals surface area contributed by atoms with Gasteiger partial charge in [-0.15, -0.1) is 0 Å². The number of Topliss-reactive ketones (excluding diaryl/α,β-unsaturated/α-hetero) is 1. The monoisotopic (exact) mass is 222 g/mol. The van der Waals surface area contributed by atoms with E-state index < -0.39 is 0 Å². The van der Waals surface area contributed by atoms with E-state index in [0.717, 1.165) is 17.5 Å². The Morgan fingerprint density at radius 3 is 2.47 bits per heavy atom. The first kappa shape index (κ1) is 10.3. The van der Waals surface area contributed by atoms with Crippen LogP contribution in [0, 0.1) is 6.92 Å². The molecule has 0 bridgehead atoms. The molecule has 2 aromatic rings. The topological polar surface area (TPSA) is 17.1 Å². The number of carbonyl (C=O) groups excluding carboxylic acids is 1. The van der Waals surface area contributed by atoms with Crippen LogP contribution in [-0.2, 0) is 6.42 Å². The second kappa shape index (κ2) is 3.85. The van der Waals surface area contributed by atoms with Crippen molar-refractivity contribution >= 4 is 5.78 Å². The summed E-state index contributed by atoms with van der Waals surface area (Å²) in [5, 5.41) is 0. The number of aryl methyl sites for hydroxylation is 1. The van der Waals surface area contributed by atoms with Gasteiger partial charge in [0, 0.05) is 5.56 Å². The van der Waals surface area contributed by atoms with Crippen LogP contribution in [0.2, 0.25) is 0 Å². The lowest BCUT2D eigenvalue weighted by atomic mass is 9.95. The van der Waals surface area contributed by atoms with E-state index >= 15 is 0 Å². The summed E-state index contributed by atoms with van der Waals surface area (Å²) in [6.07, 6.45) is 0.852. The number of fused-ring (bicyclic) bond motifs is 1. The van der Waals surface area contributed by atoms with Crippen molar-refractivity contribution in [3.63, 3.8) is 0 Å². The van der Waals surface area contributed by atoms with Crippen LogP contribution >= 0.6 is 0 Å². The van der Waals surface area contributed by atoms with Crippen molar-refractivity contribution in [3.05, 3.63) is 70.8 Å². The summed E-state index contributed by atoms with van der Waals surface area (Å²) < 4.78 is 0. The fourth-order valence-corrected chi connectivity index (χ4v) is 2.64. The van der Waals surface area contributed by atoms with Crippen LogP contribution in [0.1, 0.15) is 33.0 Å². The molecule has 0 aromatic heterocycles. The molecule has 1 aliphatic carbocycles. The summed E-state index contributed by atoms with van der Waals surface area (Å²) in [7, 11) is 0. The summed E-state index contributed by atoms with van der Waals surface area (Å²) in [6.45, 7) is 2.08. The molecule has 0 saturated heterocycles. The zero-order chi connectivity index (χ0) is 11.8. The first-order valence-corrected chi connectivity index (χ1v) is 5.95. The first-order valence-electron chi connectivity index (χ1n) is 5.95. The summed E-state index contributed by atoms with van der Waals surface area (Å²) >= 11 is 0. The molecule has 3 rings (SSSR count). The van der Waals surface area contributed by atoms with Crippen LogP contribution in [0.3, 0.4) is 0 Å². The Kier molecular flexibility index (Phi) is 2.32. The summed E-state index contributed by atoms with van der Waals surface area (Å²) in [4.78, 5) is 12.3. The minimum atomic E-state index is 0.0206. The molecular weight excluding hydrogens is 208 g/mol. The van der Waals surface area contributed by atoms with Crippen molar-refractivity contribution in [2.24, 2.45) is 0 Å². The lowest BCUT2D eigenvalue weighted by Gasteiger charge is -2.07. The van der Waals surface area contributed by atoms with Gasteiger partial charge < -0.3 is 0 Å². The van der Waals surface area contributed by atoms with E-state index in [1.807, 2.05) is 42.5 Å². The zero-order valence-corrected chi connectivity index (χ0v) is 9.81. The average Bonchev–Trinajstić information content (AvgIpc) is 2.70. The van der Waals surface area contributed by atoms with Gasteiger partial charge >= 0.3 is 0 Å². The highest BCUT2D eigenvalue weighted by Crippen LogP contribution is 2.35. The maximum Gasteiger partial charge on any atom is 0.170 e. The lowest BCUT2D eigenvalue weighted by Crippen LogP contribution is -2.06. The van der Waals surface area contributed by atoms with E-state index in [0.29, 0.717) is 0 Å². The van der Waals surface area contributed by atoms with Gasteiger partial charge in [0.25, 0.3) is 0 Å². The van der Waals surface area contributed by atoms with Crippen molar-refractivity contribution < 1.29 is 4.79 Å². The third kappa shape index (κ3) is 1.59. The van der Waals surface area contributed by atoms with Crippen LogP contribution in [0.5, 0.6) is 0 Å². The average molecular weight is 222 g/mol. The van der Waals surface area contributed by atoms with E-state index in [2.05, 4.69) is 13.0 Å². The Labute approximate surface area is 101 Å². The van der Waals surface area contributed by atoms with Gasteiger partial charge in [-0.3, -0.25) is 4.79 Å². The van der Waals surface area contributed by atoms with Crippen molar-refractivity contribution in [2.75, 3.05) is 0 Å². The Bertz CT molecular complexity index is 569. The van der Waals surface area contributed by atoms with E-state index in [1.54, 1.807) is 0 Å². The smallest absolute Gasteiger partial charge is 0.170 e. The number of benzene rings is 2. The van der Waals surface area contributed by atoms with Crippen LogP contribution in [0.4, 0.5) is 0 Å². The van der Waals surface area contributed by atoms with Gasteiger partial charge in [-0.2, -0.15) is 0 Å². The molecule has 0 heterocycles. The fourth-order valence-electron chi connectivity index (χ4n) is 2.64. The van der Waals surface area contributed by atoms with Gasteiger partial charge in [0.05, 0.1) is 5.92 Å². The number of hydrogen-bond donors (Lipinski definition) is 0. The number of carbonyl (C=O) groups is 1. The van der Waals surface area contributed by atoms with Crippen LogP contribution in [-0.4, -0.2) is 5.78 Å². The molecule has 1 nitrogen and oxygen atoms in total. The second-order valence-corrected chi connectivity index (χ2v) is 4.63. The summed E-state index contributed by atoms with van der Waals surface area (Å²) in [5.41, 5.74) is 4.51. The van der Waals surface area contributed by atoms with E-state index in [4.69, 9.17) is 0 Å². The molecule has 1 heteroatoms. The molecule has 0 saturated carbocycles. The minimum Gasteiger partial charge on any atom is -0.293 e. The molecule has 0 spiro atoms. The first-order chi connectivity index (χ1) is 8.27. The second-order valence-electron chi connectivity index (χ2n) is 4.63. The summed E-state index contributed by atoms with van der Waals surface area (Å²) in [5.74, 6) is 0.294. The van der Waals surface area contributed by atoms with Gasteiger partial charge in [-0.1, -0.05) is 48.5 Å². The SMILES string of the molecule is Cc1cccc2c1CC(c1ccccc1)C2=O. The molecule has 1 aliphatic rings. The van der Waals surface area contributed by atoms with Crippen molar-refractivity contribution in [1.82, 2.24) is 0 Å². The molecule has 84 valence electrons. The molecule has 1 unspecified atom stereocenters. The zero-order valence-electron chi connectivity index (χ0n) is 9.81. The molecule has 0 N–H and O–H groups in total. The predicted molar refractivity (Wildman–Crippen MR) is 68.4 cm³/mol. The van der Waals surface area contributed by atoms with Crippen LogP contribution in [0.15, 0.2) is 48.5 Å². The van der Waals surface area contributed by atoms with E-state index in [-0.39, 0.29) is 11.7 Å². The highest BCUT2D eigenvalue weighted by molar-refractivity contribution is 6.05. The predicted octanol–water partition coefficient (Wildman–Crippen LogP) is 3.52. The number of hydrogen-bond acceptors (Lipinski definition) is 1. The van der Waals surface area contributed by atoms with Crippen LogP contribution in [0.25, 0.3) is 0 Å². The summed E-state index contributed by atoms with van der Waals surface area (Å²) in [6, 6.07) is 16.1. The molecule has 2 aromatic carbocycles. The molecular formula is C16H14O. The van der Waals surface area contributed by atoms with Crippen molar-refractivity contribution in [2.45, 2.75) is 19.3 Å². The molecule has 1 atom stereocenters. The number of rotatable bonds is 1. The van der Waals surface area contributed by atoms with Crippen molar-refractivity contribution in [1.29, 1.82) is 0 Å². The molecule has 0 amide bonds. The van der Waals surface area contributed by atoms with E-state index in [1.165, 1.54) is 11.1 Å². The quantitative estimate of drug-likeness (QED) is 0.721. The van der Waals surface area contributed by atoms with Crippen LogP contribution < -0.4 is 0 Å². The van der Waals surface area contributed by atoms with Gasteiger partial charge in [0.1, 0.15) is 0 Å². The van der Waals surface area contributed by atoms with Gasteiger partial charge in [0.2, 0.25) is 0 Å². The highest BCUT2D eigenvalue weighted by atomic mass is 16.1. The molecule has 17 heavy (non-hydrogen) atoms. The fraction of sp³-hybridized carbons (Fsp3) is 0.188. The van der Waals surface area contributed by atoms with E-state index in [9.17, 15) is 4.79 Å². The highest BCUT2D eigenvalue weighted by Gasteiger charge is 2.31. The normalized spacial score (nSPS) is 18.2. The largest absolute Gasteiger partial charge is 0.293 e. The van der Waals surface area contributed by atoms with Gasteiger partial charge in [-0.05, 0) is 30.0 Å². The third-order valence-electron chi connectivity index (χ3n) is 3.60. The Hall–Kier alpha value is -1.89. The Morgan fingerprint density at radius 1 is 1.00 bits per heavy atom. The molecule has 0 fully saturated rings. The Balaban J connectivity index is 2.05. The van der Waals surface area contributed by atoms with Crippen molar-refractivity contribution in [3.8, 4) is 0 Å². The van der Waals surface area contributed by atoms with Gasteiger partial charge in [0.15, 0.2) is 5.78 Å². The number of ketones is 1. The standard InChI is InChI=1S/C16H14O/c1-11-6-5-9-13-14(11)10-15(16(13)17)12-7-3-2-4-8-12/h2-9,15H,10H2,1H3. The molecule has 0 aliphatic heterocycles. The third-order valence-corrected chi connectivity index (χ3v) is 3.60. The van der Waals surface area contributed by atoms with Gasteiger partial charge in [-0.25, -0.2) is 0 Å². The lowest BCUT2D eigenvalue weighted by molar-refractivity contribution is 0.0973. The maximum absolute atomic E-state index is 12.3.